The van der Waals surface area contributed by atoms with Gasteiger partial charge < -0.3 is 9.52 Å². The number of aromatic nitrogens is 1. The van der Waals surface area contributed by atoms with Gasteiger partial charge in [-0.25, -0.2) is 9.37 Å². The molecule has 0 aliphatic rings. The maximum absolute atomic E-state index is 14.1. The molecule has 0 aliphatic heterocycles. The summed E-state index contributed by atoms with van der Waals surface area (Å²) in [7, 11) is 0. The van der Waals surface area contributed by atoms with Crippen LogP contribution in [0.15, 0.2) is 94.3 Å². The Morgan fingerprint density at radius 1 is 1.00 bits per heavy atom. The van der Waals surface area contributed by atoms with Gasteiger partial charge in [0, 0.05) is 17.8 Å². The molecule has 1 heterocycles. The summed E-state index contributed by atoms with van der Waals surface area (Å²) >= 11 is 0. The minimum atomic E-state index is -0.618. The molecule has 0 saturated carbocycles. The smallest absolute Gasteiger partial charge is 0.311 e. The normalized spacial score (nSPS) is 11.3. The van der Waals surface area contributed by atoms with E-state index < -0.39 is 16.5 Å². The van der Waals surface area contributed by atoms with Crippen molar-refractivity contribution in [3.63, 3.8) is 0 Å². The molecule has 0 bridgehead atoms. The van der Waals surface area contributed by atoms with E-state index in [1.807, 2.05) is 30.3 Å². The van der Waals surface area contributed by atoms with E-state index in [1.165, 1.54) is 18.3 Å². The van der Waals surface area contributed by atoms with Gasteiger partial charge >= 0.3 is 5.69 Å². The Kier molecular flexibility index (Phi) is 5.76. The van der Waals surface area contributed by atoms with Crippen molar-refractivity contribution in [2.75, 3.05) is 0 Å². The average molecular weight is 467 g/mol. The first-order chi connectivity index (χ1) is 17.0. The van der Waals surface area contributed by atoms with Gasteiger partial charge in [-0.2, -0.15) is 0 Å². The van der Waals surface area contributed by atoms with Gasteiger partial charge in [-0.15, -0.1) is 0 Å². The maximum atomic E-state index is 14.1. The molecular formula is C27H18FN3O4. The Morgan fingerprint density at radius 2 is 1.77 bits per heavy atom. The van der Waals surface area contributed by atoms with Crippen molar-refractivity contribution in [1.82, 2.24) is 4.98 Å². The number of nitro benzene ring substituents is 1. The van der Waals surface area contributed by atoms with E-state index in [4.69, 9.17) is 4.42 Å². The molecule has 0 atom stereocenters. The summed E-state index contributed by atoms with van der Waals surface area (Å²) in [4.78, 5) is 19.6. The van der Waals surface area contributed by atoms with Crippen molar-refractivity contribution in [1.29, 1.82) is 0 Å². The molecule has 1 N–H and O–H groups in total. The van der Waals surface area contributed by atoms with Crippen LogP contribution in [0.5, 0.6) is 5.75 Å². The number of halogens is 1. The van der Waals surface area contributed by atoms with Gasteiger partial charge in [0.05, 0.1) is 16.2 Å². The van der Waals surface area contributed by atoms with E-state index in [-0.39, 0.29) is 22.7 Å². The number of aliphatic imine (C=N–C) groups is 1. The maximum Gasteiger partial charge on any atom is 0.311 e. The number of phenolic OH excluding ortho intramolecular Hbond substituents is 1. The third-order valence-electron chi connectivity index (χ3n) is 5.45. The van der Waals surface area contributed by atoms with Crippen LogP contribution in [-0.4, -0.2) is 21.2 Å². The topological polar surface area (TPSA) is 102 Å². The molecule has 4 aromatic carbocycles. The lowest BCUT2D eigenvalue weighted by Gasteiger charge is -2.06. The second kappa shape index (κ2) is 9.18. The molecule has 0 fully saturated rings. The van der Waals surface area contributed by atoms with Gasteiger partial charge in [0.15, 0.2) is 5.58 Å². The molecule has 7 nitrogen and oxygen atoms in total. The van der Waals surface area contributed by atoms with Gasteiger partial charge in [0.1, 0.15) is 11.3 Å². The fourth-order valence-electron chi connectivity index (χ4n) is 3.76. The first-order valence-electron chi connectivity index (χ1n) is 10.7. The number of phenols is 1. The predicted octanol–water partition coefficient (Wildman–Crippen LogP) is 6.59. The minimum absolute atomic E-state index is 0.154. The van der Waals surface area contributed by atoms with Gasteiger partial charge in [0.25, 0.3) is 0 Å². The zero-order valence-electron chi connectivity index (χ0n) is 18.3. The number of nitrogens with zero attached hydrogens (tertiary/aromatic N) is 3. The molecule has 0 aliphatic carbocycles. The van der Waals surface area contributed by atoms with Gasteiger partial charge in [-0.05, 0) is 53.9 Å². The summed E-state index contributed by atoms with van der Waals surface area (Å²) in [6, 6.07) is 23.7. The molecule has 0 amide bonds. The molecule has 35 heavy (non-hydrogen) atoms. The van der Waals surface area contributed by atoms with E-state index in [1.54, 1.807) is 42.5 Å². The Hall–Kier alpha value is -4.85. The highest BCUT2D eigenvalue weighted by atomic mass is 19.1. The number of benzene rings is 4. The molecule has 5 rings (SSSR count). The van der Waals surface area contributed by atoms with Crippen LogP contribution in [0.3, 0.4) is 0 Å². The average Bonchev–Trinajstić information content (AvgIpc) is 3.28. The number of nitro groups is 1. The Balaban J connectivity index is 1.48. The quantitative estimate of drug-likeness (QED) is 0.172. The number of rotatable bonds is 6. The largest absolute Gasteiger partial charge is 0.502 e. The molecule has 0 spiro atoms. The van der Waals surface area contributed by atoms with Crippen LogP contribution < -0.4 is 0 Å². The Labute approximate surface area is 199 Å². The van der Waals surface area contributed by atoms with Crippen molar-refractivity contribution in [3.05, 3.63) is 118 Å². The fourth-order valence-corrected chi connectivity index (χ4v) is 3.76. The summed E-state index contributed by atoms with van der Waals surface area (Å²) in [5.74, 6) is -0.745. The van der Waals surface area contributed by atoms with Crippen molar-refractivity contribution in [2.24, 2.45) is 4.99 Å². The van der Waals surface area contributed by atoms with E-state index in [0.29, 0.717) is 28.8 Å². The van der Waals surface area contributed by atoms with Gasteiger partial charge in [-0.1, -0.05) is 42.5 Å². The minimum Gasteiger partial charge on any atom is -0.502 e. The molecular weight excluding hydrogens is 449 g/mol. The highest BCUT2D eigenvalue weighted by Gasteiger charge is 2.19. The number of oxazole rings is 1. The number of fused-ring (bicyclic) bond motifs is 1. The molecule has 5 aromatic rings. The summed E-state index contributed by atoms with van der Waals surface area (Å²) < 4.78 is 19.8. The van der Waals surface area contributed by atoms with E-state index in [9.17, 15) is 19.6 Å². The van der Waals surface area contributed by atoms with E-state index >= 15 is 0 Å². The predicted molar refractivity (Wildman–Crippen MR) is 131 cm³/mol. The Morgan fingerprint density at radius 3 is 2.54 bits per heavy atom. The van der Waals surface area contributed by atoms with E-state index in [2.05, 4.69) is 9.98 Å². The lowest BCUT2D eigenvalue weighted by Crippen LogP contribution is -1.97. The van der Waals surface area contributed by atoms with Crippen LogP contribution in [-0.2, 0) is 6.42 Å². The van der Waals surface area contributed by atoms with Crippen molar-refractivity contribution in [2.45, 2.75) is 6.42 Å². The second-order valence-corrected chi connectivity index (χ2v) is 7.88. The van der Waals surface area contributed by atoms with Crippen molar-refractivity contribution < 1.29 is 18.8 Å². The Bertz CT molecular complexity index is 1580. The zero-order chi connectivity index (χ0) is 24.4. The first kappa shape index (κ1) is 22.0. The number of aromatic hydroxyl groups is 1. The van der Waals surface area contributed by atoms with Crippen LogP contribution in [0.4, 0.5) is 15.8 Å². The SMILES string of the molecule is O=[N+]([O-])c1cc(Cc2ccccc2)cc(C=Nc2ccc3oc(-c4ccccc4F)nc3c2)c1O. The fraction of sp³-hybridized carbons (Fsp3) is 0.0370. The highest BCUT2D eigenvalue weighted by Crippen LogP contribution is 2.32. The van der Waals surface area contributed by atoms with Crippen LogP contribution in [0.2, 0.25) is 0 Å². The third kappa shape index (κ3) is 4.63. The molecule has 172 valence electrons. The summed E-state index contributed by atoms with van der Waals surface area (Å²) in [5, 5.41) is 22.0. The number of hydrogen-bond donors (Lipinski definition) is 1. The molecule has 0 radical (unpaired) electrons. The molecule has 8 heteroatoms. The van der Waals surface area contributed by atoms with Crippen LogP contribution >= 0.6 is 0 Å². The molecule has 0 unspecified atom stereocenters. The van der Waals surface area contributed by atoms with Crippen molar-refractivity contribution in [3.8, 4) is 17.2 Å². The summed E-state index contributed by atoms with van der Waals surface area (Å²) in [6.45, 7) is 0. The van der Waals surface area contributed by atoms with Crippen LogP contribution in [0.1, 0.15) is 16.7 Å². The van der Waals surface area contributed by atoms with Gasteiger partial charge in [0.2, 0.25) is 11.6 Å². The summed E-state index contributed by atoms with van der Waals surface area (Å²) in [5.41, 5.74) is 3.17. The standard InChI is InChI=1S/C27H18FN3O4/c28-22-9-5-4-8-21(22)27-30-23-15-20(10-11-25(23)35-27)29-16-19-13-18(12-17-6-2-1-3-7-17)14-24(26(19)32)31(33)34/h1-11,13-16,32H,12H2. The number of hydrogen-bond acceptors (Lipinski definition) is 6. The molecule has 0 saturated heterocycles. The lowest BCUT2D eigenvalue weighted by molar-refractivity contribution is -0.385. The summed E-state index contributed by atoms with van der Waals surface area (Å²) in [6.07, 6.45) is 1.84. The van der Waals surface area contributed by atoms with Gasteiger partial charge in [-0.3, -0.25) is 15.1 Å². The van der Waals surface area contributed by atoms with Crippen molar-refractivity contribution >= 4 is 28.7 Å². The third-order valence-corrected chi connectivity index (χ3v) is 5.45. The zero-order valence-corrected chi connectivity index (χ0v) is 18.3. The highest BCUT2D eigenvalue weighted by molar-refractivity contribution is 5.89. The van der Waals surface area contributed by atoms with Crippen LogP contribution in [0, 0.1) is 15.9 Å². The molecule has 1 aromatic heterocycles. The second-order valence-electron chi connectivity index (χ2n) is 7.88. The first-order valence-corrected chi connectivity index (χ1v) is 10.7. The monoisotopic (exact) mass is 467 g/mol. The lowest BCUT2D eigenvalue weighted by atomic mass is 10.0. The van der Waals surface area contributed by atoms with E-state index in [0.717, 1.165) is 5.56 Å². The van der Waals surface area contributed by atoms with Crippen LogP contribution in [0.25, 0.3) is 22.6 Å².